The normalized spacial score (nSPS) is 10.9. The van der Waals surface area contributed by atoms with E-state index in [2.05, 4.69) is 24.3 Å². The van der Waals surface area contributed by atoms with Gasteiger partial charge in [0.05, 0.1) is 24.9 Å². The first-order valence-electron chi connectivity index (χ1n) is 8.34. The van der Waals surface area contributed by atoms with Crippen molar-refractivity contribution in [3.8, 4) is 0 Å². The SMILES string of the molecule is Cc1nn(CC(C)C)c(C)c1CC(=O)OCC(=O)NCc1ccco1. The zero-order chi connectivity index (χ0) is 18.4. The summed E-state index contributed by atoms with van der Waals surface area (Å²) in [5.41, 5.74) is 2.64. The van der Waals surface area contributed by atoms with Crippen LogP contribution in [0.1, 0.15) is 36.6 Å². The number of amides is 1. The second-order valence-corrected chi connectivity index (χ2v) is 6.42. The Morgan fingerprint density at radius 3 is 2.76 bits per heavy atom. The Labute approximate surface area is 147 Å². The molecule has 0 saturated carbocycles. The largest absolute Gasteiger partial charge is 0.467 e. The number of carbonyl (C=O) groups is 2. The van der Waals surface area contributed by atoms with Gasteiger partial charge >= 0.3 is 5.97 Å². The van der Waals surface area contributed by atoms with E-state index in [1.54, 1.807) is 12.1 Å². The minimum atomic E-state index is -0.441. The Morgan fingerprint density at radius 2 is 2.12 bits per heavy atom. The highest BCUT2D eigenvalue weighted by Crippen LogP contribution is 2.15. The summed E-state index contributed by atoms with van der Waals surface area (Å²) in [4.78, 5) is 23.7. The Kier molecular flexibility index (Phi) is 6.38. The number of hydrogen-bond donors (Lipinski definition) is 1. The summed E-state index contributed by atoms with van der Waals surface area (Å²) >= 11 is 0. The molecule has 0 radical (unpaired) electrons. The van der Waals surface area contributed by atoms with Crippen LogP contribution in [0.2, 0.25) is 0 Å². The summed E-state index contributed by atoms with van der Waals surface area (Å²) in [6, 6.07) is 3.50. The molecule has 0 aliphatic rings. The summed E-state index contributed by atoms with van der Waals surface area (Å²) in [6.45, 7) is 8.82. The molecule has 25 heavy (non-hydrogen) atoms. The minimum Gasteiger partial charge on any atom is -0.467 e. The van der Waals surface area contributed by atoms with Gasteiger partial charge in [-0.15, -0.1) is 0 Å². The molecule has 7 nitrogen and oxygen atoms in total. The van der Waals surface area contributed by atoms with Crippen LogP contribution in [0, 0.1) is 19.8 Å². The topological polar surface area (TPSA) is 86.4 Å². The fraction of sp³-hybridized carbons (Fsp3) is 0.500. The van der Waals surface area contributed by atoms with Crippen LogP contribution in [0.15, 0.2) is 22.8 Å². The van der Waals surface area contributed by atoms with Gasteiger partial charge in [0.2, 0.25) is 0 Å². The van der Waals surface area contributed by atoms with E-state index in [9.17, 15) is 9.59 Å². The van der Waals surface area contributed by atoms with Crippen molar-refractivity contribution in [3.05, 3.63) is 41.1 Å². The van der Waals surface area contributed by atoms with Gasteiger partial charge < -0.3 is 14.5 Å². The van der Waals surface area contributed by atoms with E-state index in [0.717, 1.165) is 23.5 Å². The van der Waals surface area contributed by atoms with Gasteiger partial charge in [-0.25, -0.2) is 0 Å². The van der Waals surface area contributed by atoms with Crippen molar-refractivity contribution >= 4 is 11.9 Å². The second-order valence-electron chi connectivity index (χ2n) is 6.42. The van der Waals surface area contributed by atoms with Crippen molar-refractivity contribution in [2.45, 2.75) is 47.2 Å². The molecule has 2 aromatic heterocycles. The van der Waals surface area contributed by atoms with Gasteiger partial charge in [-0.05, 0) is 31.9 Å². The molecule has 0 unspecified atom stereocenters. The van der Waals surface area contributed by atoms with Crippen molar-refractivity contribution in [3.63, 3.8) is 0 Å². The molecule has 0 saturated heterocycles. The second kappa shape index (κ2) is 8.50. The predicted molar refractivity (Wildman–Crippen MR) is 91.8 cm³/mol. The molecule has 2 heterocycles. The highest BCUT2D eigenvalue weighted by atomic mass is 16.5. The Morgan fingerprint density at radius 1 is 1.36 bits per heavy atom. The third kappa shape index (κ3) is 5.48. The number of esters is 1. The zero-order valence-corrected chi connectivity index (χ0v) is 15.2. The van der Waals surface area contributed by atoms with Crippen LogP contribution in [0.3, 0.4) is 0 Å². The van der Waals surface area contributed by atoms with Gasteiger partial charge in [0.1, 0.15) is 5.76 Å². The summed E-state index contributed by atoms with van der Waals surface area (Å²) in [7, 11) is 0. The van der Waals surface area contributed by atoms with Crippen molar-refractivity contribution in [2.24, 2.45) is 5.92 Å². The molecular formula is C18H25N3O4. The first-order chi connectivity index (χ1) is 11.9. The van der Waals surface area contributed by atoms with Gasteiger partial charge in [0, 0.05) is 17.8 Å². The molecule has 0 atom stereocenters. The fourth-order valence-electron chi connectivity index (χ4n) is 2.50. The molecule has 1 amide bonds. The molecule has 2 aromatic rings. The highest BCUT2D eigenvalue weighted by molar-refractivity contribution is 5.81. The van der Waals surface area contributed by atoms with Gasteiger partial charge in [0.15, 0.2) is 6.61 Å². The van der Waals surface area contributed by atoms with Crippen LogP contribution < -0.4 is 5.32 Å². The van der Waals surface area contributed by atoms with Crippen molar-refractivity contribution in [1.82, 2.24) is 15.1 Å². The predicted octanol–water partition coefficient (Wildman–Crippen LogP) is 2.15. The van der Waals surface area contributed by atoms with Crippen LogP contribution in [-0.4, -0.2) is 28.3 Å². The summed E-state index contributed by atoms with van der Waals surface area (Å²) in [6.07, 6.45) is 1.65. The van der Waals surface area contributed by atoms with E-state index in [1.807, 2.05) is 18.5 Å². The maximum absolute atomic E-state index is 12.0. The molecule has 136 valence electrons. The molecule has 0 aromatic carbocycles. The monoisotopic (exact) mass is 347 g/mol. The van der Waals surface area contributed by atoms with Gasteiger partial charge in [-0.2, -0.15) is 5.10 Å². The minimum absolute atomic E-state index is 0.112. The maximum Gasteiger partial charge on any atom is 0.310 e. The number of rotatable bonds is 8. The van der Waals surface area contributed by atoms with Crippen molar-refractivity contribution in [1.29, 1.82) is 0 Å². The third-order valence-electron chi connectivity index (χ3n) is 3.79. The molecule has 0 bridgehead atoms. The van der Waals surface area contributed by atoms with E-state index in [-0.39, 0.29) is 25.5 Å². The Hall–Kier alpha value is -2.57. The van der Waals surface area contributed by atoms with Crippen molar-refractivity contribution < 1.29 is 18.7 Å². The molecule has 0 spiro atoms. The number of hydrogen-bond acceptors (Lipinski definition) is 5. The van der Waals surface area contributed by atoms with Crippen molar-refractivity contribution in [2.75, 3.05) is 6.61 Å². The molecule has 0 aliphatic heterocycles. The molecule has 1 N–H and O–H groups in total. The Balaban J connectivity index is 1.81. The van der Waals surface area contributed by atoms with E-state index in [0.29, 0.717) is 11.7 Å². The van der Waals surface area contributed by atoms with Gasteiger partial charge in [0.25, 0.3) is 5.91 Å². The average molecular weight is 347 g/mol. The number of aromatic nitrogens is 2. The average Bonchev–Trinajstić information content (AvgIpc) is 3.15. The lowest BCUT2D eigenvalue weighted by atomic mass is 10.1. The lowest BCUT2D eigenvalue weighted by Crippen LogP contribution is -2.28. The van der Waals surface area contributed by atoms with E-state index < -0.39 is 5.97 Å². The van der Waals surface area contributed by atoms with Crippen LogP contribution in [0.5, 0.6) is 0 Å². The number of carbonyl (C=O) groups excluding carboxylic acids is 2. The van der Waals surface area contributed by atoms with E-state index in [1.165, 1.54) is 6.26 Å². The van der Waals surface area contributed by atoms with Crippen LogP contribution >= 0.6 is 0 Å². The molecule has 2 rings (SSSR count). The van der Waals surface area contributed by atoms with Gasteiger partial charge in [-0.1, -0.05) is 13.8 Å². The zero-order valence-electron chi connectivity index (χ0n) is 15.2. The fourth-order valence-corrected chi connectivity index (χ4v) is 2.50. The number of furan rings is 1. The summed E-state index contributed by atoms with van der Waals surface area (Å²) < 4.78 is 12.1. The summed E-state index contributed by atoms with van der Waals surface area (Å²) in [5, 5.41) is 7.10. The standard InChI is InChI=1S/C18H25N3O4/c1-12(2)10-21-14(4)16(13(3)20-21)8-18(23)25-11-17(22)19-9-15-6-5-7-24-15/h5-7,12H,8-11H2,1-4H3,(H,19,22). The maximum atomic E-state index is 12.0. The first kappa shape index (κ1) is 18.8. The van der Waals surface area contributed by atoms with E-state index >= 15 is 0 Å². The van der Waals surface area contributed by atoms with Crippen LogP contribution in [0.4, 0.5) is 0 Å². The quantitative estimate of drug-likeness (QED) is 0.740. The lowest BCUT2D eigenvalue weighted by molar-refractivity contribution is -0.147. The molecular weight excluding hydrogens is 322 g/mol. The number of nitrogens with zero attached hydrogens (tertiary/aromatic N) is 2. The first-order valence-corrected chi connectivity index (χ1v) is 8.34. The number of nitrogens with one attached hydrogen (secondary N) is 1. The number of aryl methyl sites for hydroxylation is 1. The van der Waals surface area contributed by atoms with Crippen LogP contribution in [-0.2, 0) is 33.8 Å². The van der Waals surface area contributed by atoms with Gasteiger partial charge in [-0.3, -0.25) is 14.3 Å². The summed E-state index contributed by atoms with van der Waals surface area (Å²) in [5.74, 6) is 0.302. The smallest absolute Gasteiger partial charge is 0.310 e. The molecule has 0 fully saturated rings. The third-order valence-corrected chi connectivity index (χ3v) is 3.79. The molecule has 7 heteroatoms. The Bertz CT molecular complexity index is 717. The van der Waals surface area contributed by atoms with Crippen LogP contribution in [0.25, 0.3) is 0 Å². The lowest BCUT2D eigenvalue weighted by Gasteiger charge is -2.08. The highest BCUT2D eigenvalue weighted by Gasteiger charge is 2.17. The van der Waals surface area contributed by atoms with E-state index in [4.69, 9.17) is 9.15 Å². The number of ether oxygens (including phenoxy) is 1. The molecule has 0 aliphatic carbocycles.